The molecule has 0 radical (unpaired) electrons. The normalized spacial score (nSPS) is 21.2. The first-order valence-electron chi connectivity index (χ1n) is 8.91. The van der Waals surface area contributed by atoms with E-state index in [4.69, 9.17) is 16.6 Å². The van der Waals surface area contributed by atoms with Crippen LogP contribution in [0.4, 0.5) is 0 Å². The Hall–Kier alpha value is -1.85. The lowest BCUT2D eigenvalue weighted by Gasteiger charge is -2.34. The van der Waals surface area contributed by atoms with Crippen LogP contribution in [-0.2, 0) is 17.8 Å². The van der Waals surface area contributed by atoms with E-state index in [1.54, 1.807) is 0 Å². The number of amides is 1. The maximum absolute atomic E-state index is 12.9. The van der Waals surface area contributed by atoms with Crippen molar-refractivity contribution in [2.45, 2.75) is 25.8 Å². The summed E-state index contributed by atoms with van der Waals surface area (Å²) in [7, 11) is 2.10. The van der Waals surface area contributed by atoms with Crippen molar-refractivity contribution in [3.05, 3.63) is 40.7 Å². The number of piperidine rings is 1. The molecule has 25 heavy (non-hydrogen) atoms. The molecule has 1 amide bonds. The van der Waals surface area contributed by atoms with Crippen molar-refractivity contribution < 1.29 is 4.79 Å². The van der Waals surface area contributed by atoms with Gasteiger partial charge < -0.3 is 14.8 Å². The second-order valence-corrected chi connectivity index (χ2v) is 7.57. The average molecular weight is 359 g/mol. The molecular formula is C19H23ClN4O. The summed E-state index contributed by atoms with van der Waals surface area (Å²) in [6, 6.07) is 7.67. The maximum atomic E-state index is 12.9. The van der Waals surface area contributed by atoms with Crippen LogP contribution < -0.4 is 0 Å². The van der Waals surface area contributed by atoms with Gasteiger partial charge in [-0.25, -0.2) is 4.98 Å². The van der Waals surface area contributed by atoms with Gasteiger partial charge in [-0.3, -0.25) is 4.79 Å². The minimum absolute atomic E-state index is 0.138. The Labute approximate surface area is 153 Å². The van der Waals surface area contributed by atoms with Crippen molar-refractivity contribution in [2.24, 2.45) is 5.92 Å². The van der Waals surface area contributed by atoms with Crippen molar-refractivity contribution in [1.82, 2.24) is 19.8 Å². The Morgan fingerprint density at radius 3 is 2.84 bits per heavy atom. The van der Waals surface area contributed by atoms with Gasteiger partial charge in [-0.1, -0.05) is 11.6 Å². The van der Waals surface area contributed by atoms with Crippen LogP contribution in [0.2, 0.25) is 5.02 Å². The van der Waals surface area contributed by atoms with Crippen molar-refractivity contribution in [1.29, 1.82) is 0 Å². The fourth-order valence-electron chi connectivity index (χ4n) is 3.85. The highest BCUT2D eigenvalue weighted by molar-refractivity contribution is 6.30. The Morgan fingerprint density at radius 2 is 2.08 bits per heavy atom. The number of halogens is 1. The molecule has 0 spiro atoms. The van der Waals surface area contributed by atoms with Gasteiger partial charge in [0.05, 0.1) is 23.9 Å². The topological polar surface area (TPSA) is 52.2 Å². The van der Waals surface area contributed by atoms with E-state index in [1.165, 1.54) is 0 Å². The monoisotopic (exact) mass is 358 g/mol. The summed E-state index contributed by atoms with van der Waals surface area (Å²) in [6.07, 6.45) is 2.93. The number of aromatic amines is 1. The number of likely N-dealkylation sites (tertiary alicyclic amines) is 1. The summed E-state index contributed by atoms with van der Waals surface area (Å²) >= 11 is 5.96. The zero-order valence-electron chi connectivity index (χ0n) is 14.5. The smallest absolute Gasteiger partial charge is 0.227 e. The Kier molecular flexibility index (Phi) is 4.52. The second-order valence-electron chi connectivity index (χ2n) is 7.13. The minimum atomic E-state index is 0.138. The molecule has 1 aromatic heterocycles. The van der Waals surface area contributed by atoms with E-state index in [1.807, 2.05) is 29.2 Å². The van der Waals surface area contributed by atoms with Crippen molar-refractivity contribution >= 4 is 17.5 Å². The fourth-order valence-corrected chi connectivity index (χ4v) is 3.98. The number of nitrogens with one attached hydrogen (secondary N) is 1. The van der Waals surface area contributed by atoms with Gasteiger partial charge in [0.15, 0.2) is 0 Å². The van der Waals surface area contributed by atoms with Crippen molar-refractivity contribution in [3.63, 3.8) is 0 Å². The molecule has 2 aliphatic rings. The lowest BCUT2D eigenvalue weighted by atomic mass is 9.96. The van der Waals surface area contributed by atoms with Crippen molar-refractivity contribution in [2.75, 3.05) is 26.7 Å². The van der Waals surface area contributed by atoms with E-state index >= 15 is 0 Å². The molecule has 3 heterocycles. The predicted octanol–water partition coefficient (Wildman–Crippen LogP) is 2.96. The summed E-state index contributed by atoms with van der Waals surface area (Å²) < 4.78 is 0. The molecule has 1 aromatic carbocycles. The molecule has 132 valence electrons. The molecule has 1 unspecified atom stereocenters. The Bertz CT molecular complexity index is 770. The van der Waals surface area contributed by atoms with Gasteiger partial charge in [0.25, 0.3) is 0 Å². The lowest BCUT2D eigenvalue weighted by Crippen LogP contribution is -2.45. The van der Waals surface area contributed by atoms with E-state index in [0.29, 0.717) is 17.5 Å². The van der Waals surface area contributed by atoms with Gasteiger partial charge >= 0.3 is 0 Å². The number of imidazole rings is 1. The van der Waals surface area contributed by atoms with Gasteiger partial charge in [-0.15, -0.1) is 0 Å². The average Bonchev–Trinajstić information content (AvgIpc) is 3.05. The van der Waals surface area contributed by atoms with Gasteiger partial charge in [0.1, 0.15) is 5.82 Å². The molecule has 4 rings (SSSR count). The second kappa shape index (κ2) is 6.81. The molecule has 0 aliphatic carbocycles. The molecule has 2 aliphatic heterocycles. The molecule has 5 nitrogen and oxygen atoms in total. The van der Waals surface area contributed by atoms with Crippen LogP contribution >= 0.6 is 11.6 Å². The van der Waals surface area contributed by atoms with Crippen LogP contribution in [0.25, 0.3) is 11.4 Å². The third-order valence-electron chi connectivity index (χ3n) is 5.23. The van der Waals surface area contributed by atoms with Crippen LogP contribution in [0.15, 0.2) is 24.3 Å². The van der Waals surface area contributed by atoms with Gasteiger partial charge in [0, 0.05) is 30.1 Å². The van der Waals surface area contributed by atoms with Crippen LogP contribution in [-0.4, -0.2) is 52.4 Å². The Morgan fingerprint density at radius 1 is 1.28 bits per heavy atom. The third-order valence-corrected chi connectivity index (χ3v) is 5.49. The lowest BCUT2D eigenvalue weighted by molar-refractivity contribution is -0.138. The van der Waals surface area contributed by atoms with E-state index < -0.39 is 0 Å². The summed E-state index contributed by atoms with van der Waals surface area (Å²) in [5, 5.41) is 0.717. The van der Waals surface area contributed by atoms with Crippen LogP contribution in [0.1, 0.15) is 24.2 Å². The first-order chi connectivity index (χ1) is 12.1. The summed E-state index contributed by atoms with van der Waals surface area (Å²) in [6.45, 7) is 3.37. The highest BCUT2D eigenvalue weighted by Crippen LogP contribution is 2.26. The molecule has 1 saturated heterocycles. The number of hydrogen-bond donors (Lipinski definition) is 1. The molecule has 1 N–H and O–H groups in total. The third kappa shape index (κ3) is 3.44. The van der Waals surface area contributed by atoms with Crippen LogP contribution in [0.5, 0.6) is 0 Å². The van der Waals surface area contributed by atoms with E-state index in [2.05, 4.69) is 16.9 Å². The maximum Gasteiger partial charge on any atom is 0.227 e. The van der Waals surface area contributed by atoms with Crippen LogP contribution in [0.3, 0.4) is 0 Å². The number of H-pyrrole nitrogens is 1. The van der Waals surface area contributed by atoms with E-state index in [0.717, 1.165) is 61.7 Å². The zero-order chi connectivity index (χ0) is 17.4. The number of aromatic nitrogens is 2. The number of rotatable bonds is 2. The van der Waals surface area contributed by atoms with E-state index in [-0.39, 0.29) is 5.92 Å². The molecule has 6 heteroatoms. The number of benzene rings is 1. The standard InChI is InChI=1S/C19H23ClN4O/c1-23-9-2-3-14(11-23)19(25)24-10-8-16-17(12-24)22-18(21-16)13-4-6-15(20)7-5-13/h4-7,14H,2-3,8-12H2,1H3,(H,21,22). The fraction of sp³-hybridized carbons (Fsp3) is 0.474. The first-order valence-corrected chi connectivity index (χ1v) is 9.29. The Balaban J connectivity index is 1.49. The molecule has 1 atom stereocenters. The van der Waals surface area contributed by atoms with E-state index in [9.17, 15) is 4.79 Å². The zero-order valence-corrected chi connectivity index (χ0v) is 15.2. The summed E-state index contributed by atoms with van der Waals surface area (Å²) in [4.78, 5) is 25.3. The summed E-state index contributed by atoms with van der Waals surface area (Å²) in [5.41, 5.74) is 3.16. The highest BCUT2D eigenvalue weighted by Gasteiger charge is 2.31. The number of fused-ring (bicyclic) bond motifs is 1. The molecule has 0 bridgehead atoms. The largest absolute Gasteiger partial charge is 0.340 e. The number of nitrogens with zero attached hydrogens (tertiary/aromatic N) is 3. The van der Waals surface area contributed by atoms with Crippen LogP contribution in [0, 0.1) is 5.92 Å². The number of carbonyl (C=O) groups is 1. The van der Waals surface area contributed by atoms with Gasteiger partial charge in [0.2, 0.25) is 5.91 Å². The number of carbonyl (C=O) groups excluding carboxylic acids is 1. The summed E-state index contributed by atoms with van der Waals surface area (Å²) in [5.74, 6) is 1.28. The van der Waals surface area contributed by atoms with Gasteiger partial charge in [-0.05, 0) is 50.7 Å². The minimum Gasteiger partial charge on any atom is -0.340 e. The molecule has 1 fully saturated rings. The quantitative estimate of drug-likeness (QED) is 0.898. The number of hydrogen-bond acceptors (Lipinski definition) is 3. The highest BCUT2D eigenvalue weighted by atomic mass is 35.5. The SMILES string of the molecule is CN1CCCC(C(=O)N2CCc3nc(-c4ccc(Cl)cc4)[nH]c3C2)C1. The predicted molar refractivity (Wildman–Crippen MR) is 98.4 cm³/mol. The first kappa shape index (κ1) is 16.6. The van der Waals surface area contributed by atoms with Crippen molar-refractivity contribution in [3.8, 4) is 11.4 Å². The molecule has 2 aromatic rings. The molecule has 0 saturated carbocycles. The molecular weight excluding hydrogens is 336 g/mol. The van der Waals surface area contributed by atoms with Gasteiger partial charge in [-0.2, -0.15) is 0 Å².